The second kappa shape index (κ2) is 6.48. The molecule has 2 aromatic rings. The topological polar surface area (TPSA) is 62.3 Å². The number of aromatic nitrogens is 1. The first-order chi connectivity index (χ1) is 13.6. The first-order valence-corrected chi connectivity index (χ1v) is 8.78. The number of fused-ring (bicyclic) bond motifs is 2. The Kier molecular flexibility index (Phi) is 4.30. The summed E-state index contributed by atoms with van der Waals surface area (Å²) in [6.07, 6.45) is -4.09. The number of rotatable bonds is 3. The molecular weight excluding hydrogens is 390 g/mol. The van der Waals surface area contributed by atoms with Crippen molar-refractivity contribution in [2.24, 2.45) is 0 Å². The molecule has 0 aliphatic carbocycles. The van der Waals surface area contributed by atoms with Gasteiger partial charge in [-0.05, 0) is 49.4 Å². The third-order valence-electron chi connectivity index (χ3n) is 5.27. The van der Waals surface area contributed by atoms with Gasteiger partial charge >= 0.3 is 6.18 Å². The summed E-state index contributed by atoms with van der Waals surface area (Å²) in [5, 5.41) is 3.09. The van der Waals surface area contributed by atoms with Crippen LogP contribution in [-0.4, -0.2) is 29.8 Å². The summed E-state index contributed by atoms with van der Waals surface area (Å²) >= 11 is 0. The Hall–Kier alpha value is -3.07. The molecule has 1 aromatic heterocycles. The van der Waals surface area contributed by atoms with Gasteiger partial charge in [0, 0.05) is 12.2 Å². The number of amides is 1. The number of halogens is 4. The molecule has 4 rings (SSSR count). The van der Waals surface area contributed by atoms with Gasteiger partial charge in [-0.3, -0.25) is 14.5 Å². The Balaban J connectivity index is 1.83. The maximum Gasteiger partial charge on any atom is 0.416 e. The summed E-state index contributed by atoms with van der Waals surface area (Å²) in [6, 6.07) is 6.97. The first kappa shape index (κ1) is 19.3. The van der Waals surface area contributed by atoms with E-state index in [0.717, 1.165) is 12.1 Å². The second-order valence-electron chi connectivity index (χ2n) is 6.99. The van der Waals surface area contributed by atoms with Crippen LogP contribution in [0.15, 0.2) is 48.8 Å². The number of ketones is 1. The van der Waals surface area contributed by atoms with Gasteiger partial charge in [0.05, 0.1) is 16.9 Å². The molecule has 1 spiro atoms. The zero-order chi connectivity index (χ0) is 21.0. The van der Waals surface area contributed by atoms with E-state index in [4.69, 9.17) is 0 Å². The molecule has 1 N–H and O–H groups in total. The van der Waals surface area contributed by atoms with Crippen molar-refractivity contribution < 1.29 is 27.2 Å². The van der Waals surface area contributed by atoms with Crippen LogP contribution in [0.25, 0.3) is 0 Å². The predicted molar refractivity (Wildman–Crippen MR) is 96.6 cm³/mol. The molecule has 1 fully saturated rings. The maximum atomic E-state index is 13.3. The van der Waals surface area contributed by atoms with Gasteiger partial charge in [-0.25, -0.2) is 9.37 Å². The quantitative estimate of drug-likeness (QED) is 0.481. The van der Waals surface area contributed by atoms with Gasteiger partial charge in [-0.1, -0.05) is 6.58 Å². The molecule has 1 unspecified atom stereocenters. The van der Waals surface area contributed by atoms with Gasteiger partial charge in [-0.15, -0.1) is 0 Å². The number of anilines is 2. The van der Waals surface area contributed by atoms with E-state index in [1.54, 1.807) is 0 Å². The van der Waals surface area contributed by atoms with Crippen molar-refractivity contribution in [3.63, 3.8) is 0 Å². The summed E-state index contributed by atoms with van der Waals surface area (Å²) in [5.41, 5.74) is -1.15. The molecule has 29 heavy (non-hydrogen) atoms. The fourth-order valence-electron chi connectivity index (χ4n) is 3.81. The van der Waals surface area contributed by atoms with Crippen molar-refractivity contribution >= 4 is 23.1 Å². The maximum absolute atomic E-state index is 13.3. The van der Waals surface area contributed by atoms with Crippen LogP contribution in [0.1, 0.15) is 28.2 Å². The van der Waals surface area contributed by atoms with E-state index in [0.29, 0.717) is 24.3 Å². The number of hydrogen-bond donors (Lipinski definition) is 1. The summed E-state index contributed by atoms with van der Waals surface area (Å²) in [4.78, 5) is 30.8. The van der Waals surface area contributed by atoms with Crippen molar-refractivity contribution in [2.45, 2.75) is 18.0 Å². The molecule has 1 aromatic carbocycles. The van der Waals surface area contributed by atoms with Crippen molar-refractivity contribution in [3.8, 4) is 0 Å². The van der Waals surface area contributed by atoms with Gasteiger partial charge in [0.1, 0.15) is 11.1 Å². The SMILES string of the molecule is C=C(F)C(=O)c1ccc2c(n1)C1(CCNC1)C(=O)N2c1ccc(C(F)(F)F)cc1. The number of nitrogens with zero attached hydrogens (tertiary/aromatic N) is 2. The van der Waals surface area contributed by atoms with Gasteiger partial charge in [0.25, 0.3) is 0 Å². The third kappa shape index (κ3) is 2.93. The van der Waals surface area contributed by atoms with Crippen LogP contribution in [0.3, 0.4) is 0 Å². The minimum Gasteiger partial charge on any atom is -0.315 e. The minimum absolute atomic E-state index is 0.176. The first-order valence-electron chi connectivity index (χ1n) is 8.78. The average molecular weight is 405 g/mol. The van der Waals surface area contributed by atoms with Crippen molar-refractivity contribution in [2.75, 3.05) is 18.0 Å². The van der Waals surface area contributed by atoms with E-state index in [2.05, 4.69) is 16.9 Å². The number of alkyl halides is 3. The zero-order valence-electron chi connectivity index (χ0n) is 15.0. The fraction of sp³-hybridized carbons (Fsp3) is 0.250. The van der Waals surface area contributed by atoms with Gasteiger partial charge in [-0.2, -0.15) is 13.2 Å². The summed E-state index contributed by atoms with van der Waals surface area (Å²) in [6.45, 7) is 3.77. The Bertz CT molecular complexity index is 1030. The Morgan fingerprint density at radius 2 is 1.86 bits per heavy atom. The van der Waals surface area contributed by atoms with Crippen LogP contribution in [0.4, 0.5) is 28.9 Å². The van der Waals surface area contributed by atoms with Crippen molar-refractivity contribution in [1.82, 2.24) is 10.3 Å². The second-order valence-corrected chi connectivity index (χ2v) is 6.99. The highest BCUT2D eigenvalue weighted by Gasteiger charge is 2.54. The highest BCUT2D eigenvalue weighted by Crippen LogP contribution is 2.48. The van der Waals surface area contributed by atoms with Crippen LogP contribution in [0.5, 0.6) is 0 Å². The van der Waals surface area contributed by atoms with Crippen LogP contribution in [0, 0.1) is 0 Å². The summed E-state index contributed by atoms with van der Waals surface area (Å²) in [7, 11) is 0. The van der Waals surface area contributed by atoms with Gasteiger partial charge in [0.15, 0.2) is 5.83 Å². The number of nitrogens with one attached hydrogen (secondary N) is 1. The van der Waals surface area contributed by atoms with Crippen LogP contribution in [-0.2, 0) is 16.4 Å². The van der Waals surface area contributed by atoms with Gasteiger partial charge < -0.3 is 5.32 Å². The number of hydrogen-bond acceptors (Lipinski definition) is 4. The summed E-state index contributed by atoms with van der Waals surface area (Å²) in [5.74, 6) is -2.50. The predicted octanol–water partition coefficient (Wildman–Crippen LogP) is 3.68. The Labute approximate surface area is 163 Å². The molecule has 3 heterocycles. The molecule has 1 saturated heterocycles. The molecular formula is C20H15F4N3O2. The van der Waals surface area contributed by atoms with Crippen molar-refractivity contribution in [3.05, 3.63) is 65.8 Å². The molecule has 0 saturated carbocycles. The molecule has 2 aliphatic heterocycles. The zero-order valence-corrected chi connectivity index (χ0v) is 15.0. The largest absolute Gasteiger partial charge is 0.416 e. The van der Waals surface area contributed by atoms with E-state index in [1.165, 1.54) is 29.2 Å². The molecule has 9 heteroatoms. The number of pyridine rings is 1. The van der Waals surface area contributed by atoms with Crippen LogP contribution >= 0.6 is 0 Å². The highest BCUT2D eigenvalue weighted by molar-refractivity contribution is 6.13. The molecule has 5 nitrogen and oxygen atoms in total. The van der Waals surface area contributed by atoms with Gasteiger partial charge in [0.2, 0.25) is 11.7 Å². The van der Waals surface area contributed by atoms with Crippen LogP contribution < -0.4 is 10.2 Å². The monoisotopic (exact) mass is 405 g/mol. The van der Waals surface area contributed by atoms with E-state index >= 15 is 0 Å². The molecule has 150 valence electrons. The van der Waals surface area contributed by atoms with Crippen LogP contribution in [0.2, 0.25) is 0 Å². The lowest BCUT2D eigenvalue weighted by molar-refractivity contribution is -0.137. The normalized spacial score (nSPS) is 21.0. The summed E-state index contributed by atoms with van der Waals surface area (Å²) < 4.78 is 51.9. The standard InChI is InChI=1S/C20H15F4N3O2/c1-11(21)16(28)14-6-7-15-17(26-14)19(8-9-25-10-19)18(29)27(15)13-4-2-12(3-5-13)20(22,23)24/h2-7,25H,1,8-10H2. The number of Topliss-reactive ketones (excluding diaryl/α,β-unsaturated/α-hetero) is 1. The lowest BCUT2D eigenvalue weighted by atomic mass is 9.84. The van der Waals surface area contributed by atoms with E-state index < -0.39 is 28.8 Å². The lowest BCUT2D eigenvalue weighted by Gasteiger charge is -2.22. The molecule has 1 amide bonds. The number of carbonyl (C=O) groups excluding carboxylic acids is 2. The Morgan fingerprint density at radius 3 is 2.41 bits per heavy atom. The fourth-order valence-corrected chi connectivity index (χ4v) is 3.81. The van der Waals surface area contributed by atoms with E-state index in [9.17, 15) is 27.2 Å². The highest BCUT2D eigenvalue weighted by atomic mass is 19.4. The smallest absolute Gasteiger partial charge is 0.315 e. The average Bonchev–Trinajstić information content (AvgIpc) is 3.26. The lowest BCUT2D eigenvalue weighted by Crippen LogP contribution is -2.40. The molecule has 0 bridgehead atoms. The molecule has 2 aliphatic rings. The Morgan fingerprint density at radius 1 is 1.17 bits per heavy atom. The number of benzene rings is 1. The van der Waals surface area contributed by atoms with E-state index in [1.807, 2.05) is 0 Å². The minimum atomic E-state index is -4.49. The van der Waals surface area contributed by atoms with Crippen molar-refractivity contribution in [1.29, 1.82) is 0 Å². The number of carbonyl (C=O) groups is 2. The van der Waals surface area contributed by atoms with E-state index in [-0.39, 0.29) is 23.8 Å². The number of allylic oxidation sites excluding steroid dienone is 1. The molecule has 0 radical (unpaired) electrons. The molecule has 1 atom stereocenters. The third-order valence-corrected chi connectivity index (χ3v) is 5.27.